The zero-order chi connectivity index (χ0) is 20.1. The van der Waals surface area contributed by atoms with Crippen molar-refractivity contribution in [3.63, 3.8) is 0 Å². The van der Waals surface area contributed by atoms with Gasteiger partial charge >= 0.3 is 0 Å². The third-order valence-electron chi connectivity index (χ3n) is 3.83. The van der Waals surface area contributed by atoms with Gasteiger partial charge in [-0.05, 0) is 55.8 Å². The van der Waals surface area contributed by atoms with E-state index in [-0.39, 0.29) is 11.7 Å². The second-order valence-electron chi connectivity index (χ2n) is 5.94. The molecule has 0 bridgehead atoms. The fraction of sp³-hybridized carbons (Fsp3) is 0.211. The number of hydrogen-bond acceptors (Lipinski definition) is 7. The number of halogens is 1. The van der Waals surface area contributed by atoms with Crippen molar-refractivity contribution in [2.24, 2.45) is 0 Å². The van der Waals surface area contributed by atoms with Gasteiger partial charge in [0.05, 0.1) is 12.4 Å². The number of nitrogens with one attached hydrogen (secondary N) is 2. The summed E-state index contributed by atoms with van der Waals surface area (Å²) in [4.78, 5) is 12.3. The Balaban J connectivity index is 1.57. The first kappa shape index (κ1) is 20.1. The van der Waals surface area contributed by atoms with Gasteiger partial charge < -0.3 is 15.4 Å². The smallest absolute Gasteiger partial charge is 0.237 e. The molecule has 0 aliphatic heterocycles. The number of carbonyl (C=O) groups is 1. The summed E-state index contributed by atoms with van der Waals surface area (Å²) < 4.78 is 19.4. The van der Waals surface area contributed by atoms with Crippen molar-refractivity contribution in [3.05, 3.63) is 53.8 Å². The minimum Gasteiger partial charge on any atom is -0.497 e. The lowest BCUT2D eigenvalue weighted by Crippen LogP contribution is -2.22. The average Bonchev–Trinajstić information content (AvgIpc) is 3.12. The van der Waals surface area contributed by atoms with Gasteiger partial charge in [-0.2, -0.15) is 0 Å². The van der Waals surface area contributed by atoms with Crippen molar-refractivity contribution >= 4 is 45.5 Å². The highest BCUT2D eigenvalue weighted by molar-refractivity contribution is 8.02. The highest BCUT2D eigenvalue weighted by Crippen LogP contribution is 2.31. The fourth-order valence-electron chi connectivity index (χ4n) is 2.22. The Morgan fingerprint density at radius 2 is 1.89 bits per heavy atom. The van der Waals surface area contributed by atoms with Crippen LogP contribution in [0.25, 0.3) is 0 Å². The molecule has 1 heterocycles. The van der Waals surface area contributed by atoms with Gasteiger partial charge in [0.2, 0.25) is 11.0 Å². The molecule has 28 heavy (non-hydrogen) atoms. The monoisotopic (exact) mass is 418 g/mol. The Hall–Kier alpha value is -2.65. The number of amides is 1. The van der Waals surface area contributed by atoms with Gasteiger partial charge in [-0.15, -0.1) is 10.2 Å². The van der Waals surface area contributed by atoms with E-state index in [0.717, 1.165) is 11.4 Å². The summed E-state index contributed by atoms with van der Waals surface area (Å²) in [5, 5.41) is 14.3. The van der Waals surface area contributed by atoms with Crippen molar-refractivity contribution in [1.29, 1.82) is 0 Å². The molecule has 0 radical (unpaired) electrons. The van der Waals surface area contributed by atoms with Crippen LogP contribution in [-0.2, 0) is 4.79 Å². The molecule has 3 aromatic rings. The van der Waals surface area contributed by atoms with Gasteiger partial charge in [-0.1, -0.05) is 29.2 Å². The van der Waals surface area contributed by atoms with E-state index in [4.69, 9.17) is 4.74 Å². The molecule has 2 N–H and O–H groups in total. The number of methoxy groups -OCH3 is 1. The lowest BCUT2D eigenvalue weighted by atomic mass is 10.2. The predicted molar refractivity (Wildman–Crippen MR) is 111 cm³/mol. The van der Waals surface area contributed by atoms with Gasteiger partial charge in [-0.25, -0.2) is 4.39 Å². The minimum atomic E-state index is -0.411. The van der Waals surface area contributed by atoms with Crippen LogP contribution in [0.15, 0.2) is 46.8 Å². The highest BCUT2D eigenvalue weighted by Gasteiger charge is 2.18. The Morgan fingerprint density at radius 1 is 1.18 bits per heavy atom. The number of carbonyl (C=O) groups excluding carboxylic acids is 1. The van der Waals surface area contributed by atoms with Gasteiger partial charge in [0.1, 0.15) is 11.6 Å². The molecule has 3 rings (SSSR count). The maximum atomic E-state index is 13.6. The number of hydrogen-bond donors (Lipinski definition) is 2. The predicted octanol–water partition coefficient (Wildman–Crippen LogP) is 4.86. The van der Waals surface area contributed by atoms with Crippen LogP contribution in [0.2, 0.25) is 0 Å². The van der Waals surface area contributed by atoms with E-state index in [1.807, 2.05) is 24.3 Å². The van der Waals surface area contributed by atoms with Gasteiger partial charge in [0.15, 0.2) is 4.34 Å². The van der Waals surface area contributed by atoms with Crippen LogP contribution in [-0.4, -0.2) is 28.5 Å². The number of aromatic nitrogens is 2. The number of thioether (sulfide) groups is 1. The first-order valence-corrected chi connectivity index (χ1v) is 10.1. The Kier molecular flexibility index (Phi) is 6.48. The van der Waals surface area contributed by atoms with Crippen LogP contribution in [0.5, 0.6) is 5.75 Å². The molecule has 0 saturated heterocycles. The van der Waals surface area contributed by atoms with E-state index in [9.17, 15) is 9.18 Å². The largest absolute Gasteiger partial charge is 0.497 e. The van der Waals surface area contributed by atoms with Crippen molar-refractivity contribution in [1.82, 2.24) is 10.2 Å². The second kappa shape index (κ2) is 9.03. The van der Waals surface area contributed by atoms with E-state index in [2.05, 4.69) is 20.8 Å². The molecule has 146 valence electrons. The van der Waals surface area contributed by atoms with Crippen LogP contribution in [0.1, 0.15) is 12.5 Å². The lowest BCUT2D eigenvalue weighted by molar-refractivity contribution is -0.115. The van der Waals surface area contributed by atoms with Crippen molar-refractivity contribution in [2.75, 3.05) is 17.7 Å². The first-order chi connectivity index (χ1) is 13.4. The third kappa shape index (κ3) is 5.20. The van der Waals surface area contributed by atoms with E-state index in [0.29, 0.717) is 20.7 Å². The Bertz CT molecular complexity index is 963. The highest BCUT2D eigenvalue weighted by atomic mass is 32.2. The maximum Gasteiger partial charge on any atom is 0.237 e. The van der Waals surface area contributed by atoms with E-state index >= 15 is 0 Å². The molecule has 0 saturated carbocycles. The molecule has 0 aliphatic rings. The van der Waals surface area contributed by atoms with Gasteiger partial charge in [0, 0.05) is 11.4 Å². The molecular weight excluding hydrogens is 399 g/mol. The summed E-state index contributed by atoms with van der Waals surface area (Å²) in [5.74, 6) is 0.192. The van der Waals surface area contributed by atoms with Crippen molar-refractivity contribution < 1.29 is 13.9 Å². The molecule has 1 atom stereocenters. The summed E-state index contributed by atoms with van der Waals surface area (Å²) in [6, 6.07) is 12.1. The number of anilines is 3. The van der Waals surface area contributed by atoms with E-state index in [1.165, 1.54) is 29.2 Å². The standard InChI is InChI=1S/C19H19FN4O2S2/c1-11-4-5-14(10-16(11)20)21-17(25)12(2)27-19-24-23-18(28-19)22-13-6-8-15(26-3)9-7-13/h4-10,12H,1-3H3,(H,21,25)(H,22,23)/t12-/m1/s1. The average molecular weight is 419 g/mol. The van der Waals surface area contributed by atoms with Crippen LogP contribution >= 0.6 is 23.1 Å². The van der Waals surface area contributed by atoms with Gasteiger partial charge in [-0.3, -0.25) is 4.79 Å². The first-order valence-electron chi connectivity index (χ1n) is 8.43. The molecule has 0 spiro atoms. The molecule has 1 amide bonds. The maximum absolute atomic E-state index is 13.6. The summed E-state index contributed by atoms with van der Waals surface area (Å²) in [6.45, 7) is 3.44. The molecule has 0 fully saturated rings. The third-order valence-corrected chi connectivity index (χ3v) is 5.86. The van der Waals surface area contributed by atoms with Crippen LogP contribution in [0.3, 0.4) is 0 Å². The molecular formula is C19H19FN4O2S2. The molecule has 2 aromatic carbocycles. The van der Waals surface area contributed by atoms with Crippen molar-refractivity contribution in [3.8, 4) is 5.75 Å². The number of nitrogens with zero attached hydrogens (tertiary/aromatic N) is 2. The summed E-state index contributed by atoms with van der Waals surface area (Å²) in [6.07, 6.45) is 0. The summed E-state index contributed by atoms with van der Waals surface area (Å²) in [7, 11) is 1.61. The number of rotatable bonds is 7. The SMILES string of the molecule is COc1ccc(Nc2nnc(S[C@H](C)C(=O)Nc3ccc(C)c(F)c3)s2)cc1. The zero-order valence-electron chi connectivity index (χ0n) is 15.5. The fourth-order valence-corrected chi connectivity index (χ4v) is 4.14. The van der Waals surface area contributed by atoms with Crippen LogP contribution in [0.4, 0.5) is 20.9 Å². The molecule has 9 heteroatoms. The molecule has 0 unspecified atom stereocenters. The molecule has 1 aromatic heterocycles. The van der Waals surface area contributed by atoms with E-state index < -0.39 is 5.25 Å². The number of ether oxygens (including phenoxy) is 1. The molecule has 6 nitrogen and oxygen atoms in total. The topological polar surface area (TPSA) is 76.1 Å². The second-order valence-corrected chi connectivity index (χ2v) is 8.51. The van der Waals surface area contributed by atoms with Crippen molar-refractivity contribution in [2.45, 2.75) is 23.4 Å². The minimum absolute atomic E-state index is 0.229. The van der Waals surface area contributed by atoms with Crippen LogP contribution < -0.4 is 15.4 Å². The normalized spacial score (nSPS) is 11.7. The quantitative estimate of drug-likeness (QED) is 0.534. The number of benzene rings is 2. The van der Waals surface area contributed by atoms with Crippen LogP contribution in [0, 0.1) is 12.7 Å². The Labute approximate surface area is 170 Å². The molecule has 0 aliphatic carbocycles. The lowest BCUT2D eigenvalue weighted by Gasteiger charge is -2.10. The zero-order valence-corrected chi connectivity index (χ0v) is 17.2. The van der Waals surface area contributed by atoms with E-state index in [1.54, 1.807) is 33.1 Å². The Morgan fingerprint density at radius 3 is 2.57 bits per heavy atom. The number of aryl methyl sites for hydroxylation is 1. The van der Waals surface area contributed by atoms with Gasteiger partial charge in [0.25, 0.3) is 0 Å². The summed E-state index contributed by atoms with van der Waals surface area (Å²) in [5.41, 5.74) is 1.83. The summed E-state index contributed by atoms with van der Waals surface area (Å²) >= 11 is 2.65.